The van der Waals surface area contributed by atoms with Crippen molar-refractivity contribution in [2.24, 2.45) is 0 Å². The van der Waals surface area contributed by atoms with E-state index in [-0.39, 0.29) is 6.10 Å². The first-order chi connectivity index (χ1) is 8.69. The molecule has 3 nitrogen and oxygen atoms in total. The molecule has 1 aromatic rings. The number of benzene rings is 1. The number of rotatable bonds is 5. The first kappa shape index (κ1) is 16.1. The van der Waals surface area contributed by atoms with Crippen LogP contribution in [0.1, 0.15) is 31.1 Å². The quantitative estimate of drug-likeness (QED) is 0.791. The lowest BCUT2D eigenvalue weighted by atomic mass is 10.2. The number of carbonyl (C=O) groups excluding carboxylic acids is 1. The van der Waals surface area contributed by atoms with Crippen LogP contribution in [-0.4, -0.2) is 24.5 Å². The summed E-state index contributed by atoms with van der Waals surface area (Å²) in [5, 5.41) is 2.19. The summed E-state index contributed by atoms with van der Waals surface area (Å²) in [5.74, 6) is -2.88. The summed E-state index contributed by atoms with van der Waals surface area (Å²) in [5.41, 5.74) is 0.306. The first-order valence-electron chi connectivity index (χ1n) is 5.81. The summed E-state index contributed by atoms with van der Waals surface area (Å²) in [6.45, 7) is 3.83. The smallest absolute Gasteiger partial charge is 0.262 e. The van der Waals surface area contributed by atoms with Gasteiger partial charge in [0.25, 0.3) is 11.8 Å². The molecule has 1 N–H and O–H groups in total. The largest absolute Gasteiger partial charge is 0.490 e. The van der Waals surface area contributed by atoms with E-state index in [2.05, 4.69) is 27.9 Å². The SMILES string of the molecule is CC(C)Oc1cc(C(=O)NCC(C)(F)F)ccc1I. The predicted molar refractivity (Wildman–Crippen MR) is 77.9 cm³/mol. The van der Waals surface area contributed by atoms with E-state index in [0.29, 0.717) is 11.3 Å². The predicted octanol–water partition coefficient (Wildman–Crippen LogP) is 3.46. The van der Waals surface area contributed by atoms with Gasteiger partial charge in [0, 0.05) is 12.5 Å². The molecule has 0 aliphatic rings. The van der Waals surface area contributed by atoms with E-state index in [1.54, 1.807) is 18.2 Å². The standard InChI is InChI=1S/C13H16F2INO2/c1-8(2)19-11-6-9(4-5-10(11)16)12(18)17-7-13(3,14)15/h4-6,8H,7H2,1-3H3,(H,17,18). The second-order valence-corrected chi connectivity index (χ2v) is 5.73. The Morgan fingerprint density at radius 1 is 1.47 bits per heavy atom. The lowest BCUT2D eigenvalue weighted by Crippen LogP contribution is -2.34. The molecule has 0 fully saturated rings. The zero-order chi connectivity index (χ0) is 14.6. The van der Waals surface area contributed by atoms with Crippen molar-refractivity contribution in [1.29, 1.82) is 0 Å². The third-order valence-electron chi connectivity index (χ3n) is 2.12. The minimum absolute atomic E-state index is 0.0215. The van der Waals surface area contributed by atoms with Crippen molar-refractivity contribution in [3.63, 3.8) is 0 Å². The van der Waals surface area contributed by atoms with E-state index in [1.165, 1.54) is 0 Å². The molecule has 0 atom stereocenters. The van der Waals surface area contributed by atoms with Gasteiger partial charge in [-0.15, -0.1) is 0 Å². The highest BCUT2D eigenvalue weighted by Crippen LogP contribution is 2.23. The number of carbonyl (C=O) groups is 1. The number of alkyl halides is 2. The van der Waals surface area contributed by atoms with Crippen molar-refractivity contribution in [2.45, 2.75) is 32.8 Å². The Morgan fingerprint density at radius 2 is 2.11 bits per heavy atom. The Morgan fingerprint density at radius 3 is 2.63 bits per heavy atom. The van der Waals surface area contributed by atoms with E-state index in [4.69, 9.17) is 4.74 Å². The maximum Gasteiger partial charge on any atom is 0.262 e. The minimum Gasteiger partial charge on any atom is -0.490 e. The molecule has 19 heavy (non-hydrogen) atoms. The average molecular weight is 383 g/mol. The van der Waals surface area contributed by atoms with Crippen LogP contribution >= 0.6 is 22.6 Å². The number of amides is 1. The number of ether oxygens (including phenoxy) is 1. The van der Waals surface area contributed by atoms with Crippen LogP contribution in [0.3, 0.4) is 0 Å². The molecule has 0 bridgehead atoms. The summed E-state index contributed by atoms with van der Waals surface area (Å²) in [6.07, 6.45) is -0.0215. The zero-order valence-corrected chi connectivity index (χ0v) is 13.1. The molecular formula is C13H16F2INO2. The lowest BCUT2D eigenvalue weighted by Gasteiger charge is -2.14. The van der Waals surface area contributed by atoms with Crippen LogP contribution in [0.25, 0.3) is 0 Å². The molecule has 0 aliphatic heterocycles. The van der Waals surface area contributed by atoms with Gasteiger partial charge in [0.2, 0.25) is 0 Å². The molecule has 0 radical (unpaired) electrons. The Kier molecular flexibility index (Phi) is 5.51. The van der Waals surface area contributed by atoms with Crippen molar-refractivity contribution >= 4 is 28.5 Å². The molecule has 1 rings (SSSR count). The first-order valence-corrected chi connectivity index (χ1v) is 6.89. The molecule has 0 unspecified atom stereocenters. The van der Waals surface area contributed by atoms with E-state index < -0.39 is 18.4 Å². The third kappa shape index (κ3) is 5.71. The normalized spacial score (nSPS) is 11.5. The van der Waals surface area contributed by atoms with Gasteiger partial charge in [0.15, 0.2) is 0 Å². The molecule has 0 heterocycles. The topological polar surface area (TPSA) is 38.3 Å². The molecular weight excluding hydrogens is 367 g/mol. The van der Waals surface area contributed by atoms with Gasteiger partial charge in [-0.05, 0) is 54.6 Å². The van der Waals surface area contributed by atoms with Crippen LogP contribution in [0, 0.1) is 3.57 Å². The zero-order valence-electron chi connectivity index (χ0n) is 11.0. The lowest BCUT2D eigenvalue weighted by molar-refractivity contribution is 0.0221. The van der Waals surface area contributed by atoms with Crippen LogP contribution in [0.15, 0.2) is 18.2 Å². The van der Waals surface area contributed by atoms with Gasteiger partial charge in [-0.25, -0.2) is 8.78 Å². The molecule has 1 amide bonds. The summed E-state index contributed by atoms with van der Waals surface area (Å²) < 4.78 is 31.8. The fraction of sp³-hybridized carbons (Fsp3) is 0.462. The Hall–Kier alpha value is -0.920. The fourth-order valence-corrected chi connectivity index (χ4v) is 1.79. The molecule has 106 valence electrons. The van der Waals surface area contributed by atoms with Crippen molar-refractivity contribution in [3.8, 4) is 5.75 Å². The van der Waals surface area contributed by atoms with E-state index in [9.17, 15) is 13.6 Å². The van der Waals surface area contributed by atoms with Gasteiger partial charge in [0.05, 0.1) is 16.2 Å². The van der Waals surface area contributed by atoms with Crippen molar-refractivity contribution in [3.05, 3.63) is 27.3 Å². The van der Waals surface area contributed by atoms with Gasteiger partial charge in [-0.2, -0.15) is 0 Å². The van der Waals surface area contributed by atoms with Crippen molar-refractivity contribution < 1.29 is 18.3 Å². The highest BCUT2D eigenvalue weighted by atomic mass is 127. The van der Waals surface area contributed by atoms with Gasteiger partial charge in [0.1, 0.15) is 5.75 Å². The van der Waals surface area contributed by atoms with Gasteiger partial charge in [-0.1, -0.05) is 0 Å². The Labute approximate surface area is 124 Å². The van der Waals surface area contributed by atoms with Crippen molar-refractivity contribution in [1.82, 2.24) is 5.32 Å². The van der Waals surface area contributed by atoms with Gasteiger partial charge < -0.3 is 10.1 Å². The highest BCUT2D eigenvalue weighted by Gasteiger charge is 2.22. The summed E-state index contributed by atoms with van der Waals surface area (Å²) in [6, 6.07) is 4.86. The van der Waals surface area contributed by atoms with E-state index in [1.807, 2.05) is 13.8 Å². The van der Waals surface area contributed by atoms with Crippen LogP contribution in [0.4, 0.5) is 8.78 Å². The van der Waals surface area contributed by atoms with Crippen molar-refractivity contribution in [2.75, 3.05) is 6.54 Å². The van der Waals surface area contributed by atoms with Crippen LogP contribution in [-0.2, 0) is 0 Å². The number of halogens is 3. The summed E-state index contributed by atoms with van der Waals surface area (Å²) >= 11 is 2.09. The van der Waals surface area contributed by atoms with Crippen LogP contribution < -0.4 is 10.1 Å². The van der Waals surface area contributed by atoms with Gasteiger partial charge in [-0.3, -0.25) is 4.79 Å². The molecule has 0 aliphatic carbocycles. The van der Waals surface area contributed by atoms with Crippen LogP contribution in [0.5, 0.6) is 5.75 Å². The molecule has 0 aromatic heterocycles. The monoisotopic (exact) mass is 383 g/mol. The maximum atomic E-state index is 12.7. The molecule has 0 saturated heterocycles. The second kappa shape index (κ2) is 6.49. The minimum atomic E-state index is -2.92. The van der Waals surface area contributed by atoms with Crippen LogP contribution in [0.2, 0.25) is 0 Å². The summed E-state index contributed by atoms with van der Waals surface area (Å²) in [7, 11) is 0. The highest BCUT2D eigenvalue weighted by molar-refractivity contribution is 14.1. The molecule has 0 spiro atoms. The average Bonchev–Trinajstić information content (AvgIpc) is 2.27. The maximum absolute atomic E-state index is 12.7. The molecule has 6 heteroatoms. The van der Waals surface area contributed by atoms with E-state index in [0.717, 1.165) is 10.5 Å². The number of hydrogen-bond donors (Lipinski definition) is 1. The second-order valence-electron chi connectivity index (χ2n) is 4.56. The molecule has 0 saturated carbocycles. The summed E-state index contributed by atoms with van der Waals surface area (Å²) in [4.78, 5) is 11.7. The van der Waals surface area contributed by atoms with Gasteiger partial charge >= 0.3 is 0 Å². The van der Waals surface area contributed by atoms with E-state index >= 15 is 0 Å². The number of hydrogen-bond acceptors (Lipinski definition) is 2. The fourth-order valence-electron chi connectivity index (χ4n) is 1.33. The Bertz CT molecular complexity index is 458. The molecule has 1 aromatic carbocycles. The Balaban J connectivity index is 2.81. The number of nitrogens with one attached hydrogen (secondary N) is 1. The third-order valence-corrected chi connectivity index (χ3v) is 3.01.